The molecule has 12 heavy (non-hydrogen) atoms. The lowest BCUT2D eigenvalue weighted by Crippen LogP contribution is -2.17. The van der Waals surface area contributed by atoms with Gasteiger partial charge in [-0.25, -0.2) is 0 Å². The molecule has 1 aromatic heterocycles. The Kier molecular flexibility index (Phi) is 3.01. The van der Waals surface area contributed by atoms with Gasteiger partial charge in [-0.1, -0.05) is 6.07 Å². The molecule has 0 aliphatic heterocycles. The summed E-state index contributed by atoms with van der Waals surface area (Å²) >= 11 is 0. The van der Waals surface area contributed by atoms with Crippen molar-refractivity contribution in [3.8, 4) is 0 Å². The monoisotopic (exact) mass is 168 g/mol. The third-order valence-corrected chi connectivity index (χ3v) is 1.58. The molecule has 1 aromatic rings. The van der Waals surface area contributed by atoms with E-state index in [1.165, 1.54) is 6.07 Å². The number of ether oxygens (including phenoxy) is 1. The molecule has 0 aliphatic rings. The molecule has 0 saturated heterocycles. The van der Waals surface area contributed by atoms with Gasteiger partial charge >= 0.3 is 0 Å². The fourth-order valence-electron chi connectivity index (χ4n) is 0.929. The van der Waals surface area contributed by atoms with Crippen molar-refractivity contribution in [3.05, 3.63) is 34.2 Å². The van der Waals surface area contributed by atoms with Crippen molar-refractivity contribution in [2.24, 2.45) is 5.73 Å². The Morgan fingerprint density at radius 2 is 2.42 bits per heavy atom. The number of pyridine rings is 1. The molecule has 0 bridgehead atoms. The van der Waals surface area contributed by atoms with Crippen molar-refractivity contribution >= 4 is 0 Å². The smallest absolute Gasteiger partial charge is 0.247 e. The summed E-state index contributed by atoms with van der Waals surface area (Å²) in [4.78, 5) is 13.2. The first-order chi connectivity index (χ1) is 5.74. The minimum atomic E-state index is -0.174. The second kappa shape index (κ2) is 4.04. The first-order valence-electron chi connectivity index (χ1n) is 3.67. The number of aromatic amines is 1. The Bertz CT molecular complexity index is 275. The third-order valence-electron chi connectivity index (χ3n) is 1.58. The number of hydrogen-bond donors (Lipinski definition) is 2. The largest absolute Gasteiger partial charge is 0.383 e. The average Bonchev–Trinajstić information content (AvgIpc) is 2.06. The van der Waals surface area contributed by atoms with Crippen molar-refractivity contribution in [1.82, 2.24) is 4.98 Å². The number of nitrogens with two attached hydrogens (primary N) is 1. The van der Waals surface area contributed by atoms with Crippen LogP contribution in [0.25, 0.3) is 0 Å². The van der Waals surface area contributed by atoms with Crippen LogP contribution in [0.4, 0.5) is 0 Å². The van der Waals surface area contributed by atoms with Crippen LogP contribution < -0.4 is 11.3 Å². The van der Waals surface area contributed by atoms with Gasteiger partial charge in [0, 0.05) is 19.4 Å². The van der Waals surface area contributed by atoms with Crippen LogP contribution in [-0.4, -0.2) is 18.7 Å². The van der Waals surface area contributed by atoms with E-state index in [4.69, 9.17) is 10.5 Å². The van der Waals surface area contributed by atoms with Crippen molar-refractivity contribution in [1.29, 1.82) is 0 Å². The van der Waals surface area contributed by atoms with E-state index >= 15 is 0 Å². The maximum absolute atomic E-state index is 10.7. The van der Waals surface area contributed by atoms with E-state index in [0.29, 0.717) is 6.61 Å². The van der Waals surface area contributed by atoms with Crippen molar-refractivity contribution in [2.45, 2.75) is 6.04 Å². The van der Waals surface area contributed by atoms with E-state index in [-0.39, 0.29) is 11.6 Å². The van der Waals surface area contributed by atoms with Gasteiger partial charge in [0.2, 0.25) is 5.56 Å². The quantitative estimate of drug-likeness (QED) is 0.668. The molecular weight excluding hydrogens is 156 g/mol. The molecule has 0 saturated carbocycles. The summed E-state index contributed by atoms with van der Waals surface area (Å²) in [5.41, 5.74) is 6.46. The molecule has 3 N–H and O–H groups in total. The number of rotatable bonds is 3. The first kappa shape index (κ1) is 8.96. The zero-order valence-corrected chi connectivity index (χ0v) is 6.91. The number of H-pyrrole nitrogens is 1. The van der Waals surface area contributed by atoms with Gasteiger partial charge in [0.25, 0.3) is 0 Å². The Labute approximate surface area is 70.4 Å². The van der Waals surface area contributed by atoms with Crippen LogP contribution in [0.15, 0.2) is 23.1 Å². The number of aromatic nitrogens is 1. The van der Waals surface area contributed by atoms with E-state index in [1.807, 2.05) is 0 Å². The average molecular weight is 168 g/mol. The van der Waals surface area contributed by atoms with E-state index < -0.39 is 0 Å². The molecular formula is C8H12N2O2. The van der Waals surface area contributed by atoms with Crippen LogP contribution in [0.3, 0.4) is 0 Å². The maximum Gasteiger partial charge on any atom is 0.247 e. The highest BCUT2D eigenvalue weighted by Gasteiger charge is 2.03. The first-order valence-corrected chi connectivity index (χ1v) is 3.67. The van der Waals surface area contributed by atoms with E-state index in [1.54, 1.807) is 19.4 Å². The van der Waals surface area contributed by atoms with Gasteiger partial charge < -0.3 is 15.5 Å². The summed E-state index contributed by atoms with van der Waals surface area (Å²) in [6.45, 7) is 0.450. The second-order valence-electron chi connectivity index (χ2n) is 2.55. The lowest BCUT2D eigenvalue weighted by atomic mass is 10.1. The highest BCUT2D eigenvalue weighted by Crippen LogP contribution is 2.05. The zero-order chi connectivity index (χ0) is 8.97. The highest BCUT2D eigenvalue weighted by molar-refractivity contribution is 5.13. The molecule has 1 atom stereocenters. The van der Waals surface area contributed by atoms with Gasteiger partial charge in [-0.05, 0) is 5.56 Å². The number of methoxy groups -OCH3 is 1. The van der Waals surface area contributed by atoms with Crippen LogP contribution in [0.1, 0.15) is 11.6 Å². The van der Waals surface area contributed by atoms with Gasteiger partial charge in [-0.2, -0.15) is 0 Å². The molecule has 0 radical (unpaired) electrons. The summed E-state index contributed by atoms with van der Waals surface area (Å²) in [7, 11) is 1.59. The molecule has 0 aliphatic carbocycles. The lowest BCUT2D eigenvalue weighted by Gasteiger charge is -2.09. The predicted octanol–water partition coefficient (Wildman–Crippen LogP) is 0.0211. The molecule has 66 valence electrons. The SMILES string of the molecule is COC[C@H](N)c1ccc(=O)[nH]c1. The van der Waals surface area contributed by atoms with Crippen molar-refractivity contribution in [3.63, 3.8) is 0 Å². The summed E-state index contributed by atoms with van der Waals surface area (Å²) in [5, 5.41) is 0. The minimum Gasteiger partial charge on any atom is -0.383 e. The van der Waals surface area contributed by atoms with Crippen LogP contribution in [-0.2, 0) is 4.74 Å². The maximum atomic E-state index is 10.7. The van der Waals surface area contributed by atoms with Crippen LogP contribution in [0, 0.1) is 0 Å². The highest BCUT2D eigenvalue weighted by atomic mass is 16.5. The van der Waals surface area contributed by atoms with Gasteiger partial charge in [0.1, 0.15) is 0 Å². The molecule has 0 unspecified atom stereocenters. The van der Waals surface area contributed by atoms with E-state index in [9.17, 15) is 4.79 Å². The molecule has 1 heterocycles. The molecule has 4 nitrogen and oxygen atoms in total. The van der Waals surface area contributed by atoms with E-state index in [2.05, 4.69) is 4.98 Å². The van der Waals surface area contributed by atoms with Gasteiger partial charge in [-0.3, -0.25) is 4.79 Å². The summed E-state index contributed by atoms with van der Waals surface area (Å²) in [6, 6.07) is 2.97. The molecule has 0 amide bonds. The standard InChI is InChI=1S/C8H12N2O2/c1-12-5-7(9)6-2-3-8(11)10-4-6/h2-4,7H,5,9H2,1H3,(H,10,11)/t7-/m0/s1. The Morgan fingerprint density at radius 3 is 2.92 bits per heavy atom. The number of hydrogen-bond acceptors (Lipinski definition) is 3. The lowest BCUT2D eigenvalue weighted by molar-refractivity contribution is 0.181. The minimum absolute atomic E-state index is 0.122. The normalized spacial score (nSPS) is 12.8. The summed E-state index contributed by atoms with van der Waals surface area (Å²) in [6.07, 6.45) is 1.60. The zero-order valence-electron chi connectivity index (χ0n) is 6.91. The fourth-order valence-corrected chi connectivity index (χ4v) is 0.929. The molecule has 0 aromatic carbocycles. The second-order valence-corrected chi connectivity index (χ2v) is 2.55. The van der Waals surface area contributed by atoms with Crippen LogP contribution >= 0.6 is 0 Å². The molecule has 0 spiro atoms. The molecule has 4 heteroatoms. The van der Waals surface area contributed by atoms with Crippen molar-refractivity contribution in [2.75, 3.05) is 13.7 Å². The third kappa shape index (κ3) is 2.18. The Hall–Kier alpha value is -1.13. The summed E-state index contributed by atoms with van der Waals surface area (Å²) in [5.74, 6) is 0. The molecule has 0 fully saturated rings. The van der Waals surface area contributed by atoms with Crippen molar-refractivity contribution < 1.29 is 4.74 Å². The Morgan fingerprint density at radius 1 is 1.67 bits per heavy atom. The fraction of sp³-hybridized carbons (Fsp3) is 0.375. The molecule has 1 rings (SSSR count). The number of nitrogens with one attached hydrogen (secondary N) is 1. The van der Waals surface area contributed by atoms with Gasteiger partial charge in [0.15, 0.2) is 0 Å². The Balaban J connectivity index is 2.75. The van der Waals surface area contributed by atoms with Crippen LogP contribution in [0.5, 0.6) is 0 Å². The topological polar surface area (TPSA) is 68.1 Å². The van der Waals surface area contributed by atoms with Gasteiger partial charge in [0.05, 0.1) is 12.6 Å². The van der Waals surface area contributed by atoms with Gasteiger partial charge in [-0.15, -0.1) is 0 Å². The van der Waals surface area contributed by atoms with E-state index in [0.717, 1.165) is 5.56 Å². The predicted molar refractivity (Wildman–Crippen MR) is 45.9 cm³/mol. The summed E-state index contributed by atoms with van der Waals surface area (Å²) < 4.78 is 4.87. The van der Waals surface area contributed by atoms with Crippen LogP contribution in [0.2, 0.25) is 0 Å².